The van der Waals surface area contributed by atoms with Crippen LogP contribution < -0.4 is 10.2 Å². The molecule has 128 valence electrons. The SMILES string of the molecule is C[C@H](NC[C@@](C)(O)c1cccs1)c1cccc(N2CCCC2=O)c1. The van der Waals surface area contributed by atoms with Crippen LogP contribution >= 0.6 is 11.3 Å². The number of benzene rings is 1. The summed E-state index contributed by atoms with van der Waals surface area (Å²) >= 11 is 1.56. The Bertz CT molecular complexity index is 697. The molecule has 24 heavy (non-hydrogen) atoms. The molecule has 2 aromatic rings. The number of carbonyl (C=O) groups is 1. The molecule has 1 amide bonds. The maximum absolute atomic E-state index is 11.9. The van der Waals surface area contributed by atoms with Crippen LogP contribution in [0, 0.1) is 0 Å². The third-order valence-electron chi connectivity index (χ3n) is 4.56. The lowest BCUT2D eigenvalue weighted by Crippen LogP contribution is -2.36. The average molecular weight is 344 g/mol. The fourth-order valence-electron chi connectivity index (χ4n) is 3.02. The lowest BCUT2D eigenvalue weighted by atomic mass is 10.0. The van der Waals surface area contributed by atoms with Crippen LogP contribution in [0.25, 0.3) is 0 Å². The highest BCUT2D eigenvalue weighted by molar-refractivity contribution is 7.10. The van der Waals surface area contributed by atoms with Gasteiger partial charge in [0.25, 0.3) is 0 Å². The van der Waals surface area contributed by atoms with Crippen molar-refractivity contribution in [1.29, 1.82) is 0 Å². The first-order valence-corrected chi connectivity index (χ1v) is 9.25. The summed E-state index contributed by atoms with van der Waals surface area (Å²) in [5.41, 5.74) is 1.20. The number of amides is 1. The molecule has 1 saturated heterocycles. The van der Waals surface area contributed by atoms with E-state index in [0.717, 1.165) is 29.1 Å². The number of aliphatic hydroxyl groups is 1. The molecule has 1 fully saturated rings. The second kappa shape index (κ2) is 7.05. The van der Waals surface area contributed by atoms with Gasteiger partial charge in [-0.05, 0) is 49.4 Å². The fraction of sp³-hybridized carbons (Fsp3) is 0.421. The van der Waals surface area contributed by atoms with Gasteiger partial charge in [-0.1, -0.05) is 18.2 Å². The molecule has 1 aromatic heterocycles. The molecule has 1 aliphatic heterocycles. The van der Waals surface area contributed by atoms with E-state index in [1.54, 1.807) is 11.3 Å². The summed E-state index contributed by atoms with van der Waals surface area (Å²) in [6.45, 7) is 5.19. The summed E-state index contributed by atoms with van der Waals surface area (Å²) in [7, 11) is 0. The molecule has 1 aromatic carbocycles. The van der Waals surface area contributed by atoms with Crippen LogP contribution in [-0.4, -0.2) is 24.1 Å². The van der Waals surface area contributed by atoms with Gasteiger partial charge < -0.3 is 15.3 Å². The maximum Gasteiger partial charge on any atom is 0.227 e. The van der Waals surface area contributed by atoms with Crippen LogP contribution in [-0.2, 0) is 10.4 Å². The van der Waals surface area contributed by atoms with Crippen molar-refractivity contribution in [1.82, 2.24) is 5.32 Å². The number of hydrogen-bond donors (Lipinski definition) is 2. The molecular weight excluding hydrogens is 320 g/mol. The lowest BCUT2D eigenvalue weighted by molar-refractivity contribution is -0.117. The van der Waals surface area contributed by atoms with E-state index < -0.39 is 5.60 Å². The Labute approximate surface area is 147 Å². The Morgan fingerprint density at radius 3 is 2.88 bits per heavy atom. The molecule has 0 aliphatic carbocycles. The smallest absolute Gasteiger partial charge is 0.227 e. The molecule has 4 nitrogen and oxygen atoms in total. The monoisotopic (exact) mass is 344 g/mol. The second-order valence-electron chi connectivity index (χ2n) is 6.60. The van der Waals surface area contributed by atoms with Crippen molar-refractivity contribution in [3.63, 3.8) is 0 Å². The van der Waals surface area contributed by atoms with Crippen molar-refractivity contribution in [2.75, 3.05) is 18.0 Å². The minimum Gasteiger partial charge on any atom is -0.383 e. The third-order valence-corrected chi connectivity index (χ3v) is 5.68. The highest BCUT2D eigenvalue weighted by Crippen LogP contribution is 2.27. The summed E-state index contributed by atoms with van der Waals surface area (Å²) in [5.74, 6) is 0.202. The van der Waals surface area contributed by atoms with Crippen LogP contribution in [0.4, 0.5) is 5.69 Å². The average Bonchev–Trinajstić information content (AvgIpc) is 3.24. The Hall–Kier alpha value is -1.69. The quantitative estimate of drug-likeness (QED) is 0.844. The first-order valence-electron chi connectivity index (χ1n) is 8.37. The third kappa shape index (κ3) is 3.69. The molecule has 2 N–H and O–H groups in total. The minimum absolute atomic E-state index is 0.0918. The molecule has 3 rings (SSSR count). The molecule has 0 bridgehead atoms. The van der Waals surface area contributed by atoms with Gasteiger partial charge in [-0.2, -0.15) is 0 Å². The van der Waals surface area contributed by atoms with E-state index in [9.17, 15) is 9.90 Å². The van der Waals surface area contributed by atoms with Gasteiger partial charge in [-0.25, -0.2) is 0 Å². The molecule has 5 heteroatoms. The summed E-state index contributed by atoms with van der Waals surface area (Å²) in [6.07, 6.45) is 1.57. The van der Waals surface area contributed by atoms with E-state index in [0.29, 0.717) is 13.0 Å². The zero-order valence-electron chi connectivity index (χ0n) is 14.2. The van der Waals surface area contributed by atoms with Crippen LogP contribution in [0.2, 0.25) is 0 Å². The van der Waals surface area contributed by atoms with Crippen molar-refractivity contribution in [2.24, 2.45) is 0 Å². The van der Waals surface area contributed by atoms with Crippen LogP contribution in [0.3, 0.4) is 0 Å². The number of carbonyl (C=O) groups excluding carboxylic acids is 1. The lowest BCUT2D eigenvalue weighted by Gasteiger charge is -2.26. The maximum atomic E-state index is 11.9. The normalized spacial score (nSPS) is 18.6. The van der Waals surface area contributed by atoms with Gasteiger partial charge in [0.2, 0.25) is 5.91 Å². The largest absolute Gasteiger partial charge is 0.383 e. The molecule has 0 radical (unpaired) electrons. The highest BCUT2D eigenvalue weighted by atomic mass is 32.1. The zero-order valence-corrected chi connectivity index (χ0v) is 15.0. The topological polar surface area (TPSA) is 52.6 Å². The molecular formula is C19H24N2O2S. The Morgan fingerprint density at radius 2 is 2.21 bits per heavy atom. The van der Waals surface area contributed by atoms with Crippen molar-refractivity contribution >= 4 is 22.9 Å². The van der Waals surface area contributed by atoms with E-state index in [2.05, 4.69) is 24.4 Å². The number of hydrogen-bond acceptors (Lipinski definition) is 4. The predicted octanol–water partition coefficient (Wildman–Crippen LogP) is 3.43. The molecule has 0 saturated carbocycles. The molecule has 2 heterocycles. The first-order chi connectivity index (χ1) is 11.5. The molecule has 0 unspecified atom stereocenters. The fourth-order valence-corrected chi connectivity index (χ4v) is 3.81. The highest BCUT2D eigenvalue weighted by Gasteiger charge is 2.25. The summed E-state index contributed by atoms with van der Waals surface area (Å²) in [6, 6.07) is 12.1. The predicted molar refractivity (Wildman–Crippen MR) is 98.3 cm³/mol. The molecule has 2 atom stereocenters. The van der Waals surface area contributed by atoms with Gasteiger partial charge in [0, 0.05) is 36.1 Å². The second-order valence-corrected chi connectivity index (χ2v) is 7.55. The van der Waals surface area contributed by atoms with Crippen LogP contribution in [0.5, 0.6) is 0 Å². The summed E-state index contributed by atoms with van der Waals surface area (Å²) in [5, 5.41) is 16.0. The summed E-state index contributed by atoms with van der Waals surface area (Å²) < 4.78 is 0. The van der Waals surface area contributed by atoms with E-state index in [-0.39, 0.29) is 11.9 Å². The van der Waals surface area contributed by atoms with Crippen LogP contribution in [0.1, 0.15) is 43.2 Å². The van der Waals surface area contributed by atoms with Gasteiger partial charge in [-0.3, -0.25) is 4.79 Å². The minimum atomic E-state index is -0.884. The van der Waals surface area contributed by atoms with E-state index in [1.807, 2.05) is 41.5 Å². The Balaban J connectivity index is 1.67. The van der Waals surface area contributed by atoms with E-state index in [1.165, 1.54) is 0 Å². The van der Waals surface area contributed by atoms with E-state index in [4.69, 9.17) is 0 Å². The first kappa shape index (κ1) is 17.1. The number of nitrogens with zero attached hydrogens (tertiary/aromatic N) is 1. The number of thiophene rings is 1. The Morgan fingerprint density at radius 1 is 1.38 bits per heavy atom. The van der Waals surface area contributed by atoms with Gasteiger partial charge in [-0.15, -0.1) is 11.3 Å². The zero-order chi connectivity index (χ0) is 17.2. The number of nitrogens with one attached hydrogen (secondary N) is 1. The van der Waals surface area contributed by atoms with Gasteiger partial charge in [0.15, 0.2) is 0 Å². The Kier molecular flexibility index (Phi) is 5.04. The van der Waals surface area contributed by atoms with Crippen molar-refractivity contribution < 1.29 is 9.90 Å². The van der Waals surface area contributed by atoms with Gasteiger partial charge in [0.1, 0.15) is 5.60 Å². The molecule has 1 aliphatic rings. The van der Waals surface area contributed by atoms with E-state index >= 15 is 0 Å². The van der Waals surface area contributed by atoms with Crippen LogP contribution in [0.15, 0.2) is 41.8 Å². The molecule has 0 spiro atoms. The number of anilines is 1. The number of rotatable bonds is 6. The van der Waals surface area contributed by atoms with Crippen molar-refractivity contribution in [3.8, 4) is 0 Å². The van der Waals surface area contributed by atoms with Gasteiger partial charge in [0.05, 0.1) is 0 Å². The van der Waals surface area contributed by atoms with Crippen molar-refractivity contribution in [3.05, 3.63) is 52.2 Å². The standard InChI is InChI=1S/C19H24N2O2S/c1-14(20-13-19(2,23)17-8-5-11-24-17)15-6-3-7-16(12-15)21-10-4-9-18(21)22/h3,5-8,11-12,14,20,23H,4,9-10,13H2,1-2H3/t14-,19+/m0/s1. The van der Waals surface area contributed by atoms with Crippen molar-refractivity contribution in [2.45, 2.75) is 38.3 Å². The van der Waals surface area contributed by atoms with Gasteiger partial charge >= 0.3 is 0 Å². The summed E-state index contributed by atoms with van der Waals surface area (Å²) in [4.78, 5) is 14.7.